The van der Waals surface area contributed by atoms with Gasteiger partial charge in [-0.15, -0.1) is 0 Å². The summed E-state index contributed by atoms with van der Waals surface area (Å²) in [5, 5.41) is 12.1. The number of amides is 1. The Balaban J connectivity index is 2.83. The molecule has 0 fully saturated rings. The Bertz CT molecular complexity index is 539. The first-order valence-electron chi connectivity index (χ1n) is 7.58. The molecule has 2 N–H and O–H groups in total. The molecule has 2 atom stereocenters. The summed E-state index contributed by atoms with van der Waals surface area (Å²) >= 11 is 0. The molecule has 0 saturated carbocycles. The monoisotopic (exact) mass is 331 g/mol. The maximum absolute atomic E-state index is 12.8. The molecule has 23 heavy (non-hydrogen) atoms. The fourth-order valence-corrected chi connectivity index (χ4v) is 2.37. The van der Waals surface area contributed by atoms with Crippen LogP contribution >= 0.6 is 0 Å². The minimum atomic E-state index is -4.44. The van der Waals surface area contributed by atoms with Crippen LogP contribution in [0.4, 0.5) is 13.2 Å². The third kappa shape index (κ3) is 5.53. The highest BCUT2D eigenvalue weighted by molar-refractivity contribution is 5.87. The summed E-state index contributed by atoms with van der Waals surface area (Å²) in [6, 6.07) is 4.83. The fraction of sp³-hybridized carbons (Fsp3) is 0.588. The number of benzene rings is 1. The minimum Gasteiger partial charge on any atom is -0.393 e. The molecule has 1 amide bonds. The summed E-state index contributed by atoms with van der Waals surface area (Å²) in [6.07, 6.45) is -4.35. The third-order valence-corrected chi connectivity index (χ3v) is 3.83. The largest absolute Gasteiger partial charge is 0.416 e. The number of hydrogen-bond acceptors (Lipinski definition) is 2. The van der Waals surface area contributed by atoms with Crippen LogP contribution in [0.25, 0.3) is 0 Å². The van der Waals surface area contributed by atoms with Crippen molar-refractivity contribution < 1.29 is 23.1 Å². The maximum atomic E-state index is 12.8. The van der Waals surface area contributed by atoms with Gasteiger partial charge in [-0.05, 0) is 44.7 Å². The summed E-state index contributed by atoms with van der Waals surface area (Å²) < 4.78 is 38.4. The van der Waals surface area contributed by atoms with Gasteiger partial charge in [-0.1, -0.05) is 25.1 Å². The molecule has 1 aromatic carbocycles. The van der Waals surface area contributed by atoms with E-state index in [9.17, 15) is 23.1 Å². The second kappa shape index (κ2) is 7.34. The first-order chi connectivity index (χ1) is 10.4. The first-order valence-corrected chi connectivity index (χ1v) is 7.58. The smallest absolute Gasteiger partial charge is 0.393 e. The van der Waals surface area contributed by atoms with Crippen LogP contribution < -0.4 is 5.32 Å². The van der Waals surface area contributed by atoms with Crippen molar-refractivity contribution in [1.29, 1.82) is 0 Å². The quantitative estimate of drug-likeness (QED) is 0.838. The highest BCUT2D eigenvalue weighted by Gasteiger charge is 2.34. The number of alkyl halides is 3. The van der Waals surface area contributed by atoms with Crippen molar-refractivity contribution in [3.8, 4) is 0 Å². The molecule has 0 saturated heterocycles. The average Bonchev–Trinajstić information content (AvgIpc) is 2.43. The van der Waals surface area contributed by atoms with Gasteiger partial charge < -0.3 is 10.4 Å². The molecule has 130 valence electrons. The van der Waals surface area contributed by atoms with Crippen molar-refractivity contribution in [2.45, 2.75) is 51.8 Å². The van der Waals surface area contributed by atoms with E-state index in [0.717, 1.165) is 12.1 Å². The number of nitrogens with one attached hydrogen (secondary N) is 1. The lowest BCUT2D eigenvalue weighted by molar-refractivity contribution is -0.138. The highest BCUT2D eigenvalue weighted by atomic mass is 19.4. The van der Waals surface area contributed by atoms with Gasteiger partial charge in [0.1, 0.15) is 0 Å². The molecule has 0 radical (unpaired) electrons. The SMILES string of the molecule is CC(O)CC(C)CNC(=O)C(C)(C)c1cccc(C(F)(F)F)c1. The predicted molar refractivity (Wildman–Crippen MR) is 82.9 cm³/mol. The molecular weight excluding hydrogens is 307 g/mol. The molecule has 0 aliphatic carbocycles. The van der Waals surface area contributed by atoms with Crippen LogP contribution in [-0.2, 0) is 16.4 Å². The molecule has 0 aromatic heterocycles. The van der Waals surface area contributed by atoms with E-state index in [1.54, 1.807) is 20.8 Å². The summed E-state index contributed by atoms with van der Waals surface area (Å²) in [4.78, 5) is 12.4. The van der Waals surface area contributed by atoms with Crippen molar-refractivity contribution in [3.05, 3.63) is 35.4 Å². The van der Waals surface area contributed by atoms with E-state index in [2.05, 4.69) is 5.32 Å². The van der Waals surface area contributed by atoms with Gasteiger partial charge >= 0.3 is 6.18 Å². The second-order valence-electron chi connectivity index (χ2n) is 6.60. The normalized spacial score (nSPS) is 15.1. The van der Waals surface area contributed by atoms with Crippen LogP contribution in [0, 0.1) is 5.92 Å². The number of aliphatic hydroxyl groups is 1. The van der Waals surface area contributed by atoms with Gasteiger partial charge in [0.05, 0.1) is 17.1 Å². The van der Waals surface area contributed by atoms with Gasteiger partial charge in [-0.2, -0.15) is 13.2 Å². The van der Waals surface area contributed by atoms with Crippen LogP contribution in [0.2, 0.25) is 0 Å². The van der Waals surface area contributed by atoms with Gasteiger partial charge in [0, 0.05) is 6.54 Å². The van der Waals surface area contributed by atoms with Crippen molar-refractivity contribution in [2.24, 2.45) is 5.92 Å². The van der Waals surface area contributed by atoms with Gasteiger partial charge in [-0.3, -0.25) is 4.79 Å². The van der Waals surface area contributed by atoms with E-state index in [1.165, 1.54) is 12.1 Å². The Kier molecular flexibility index (Phi) is 6.22. The minimum absolute atomic E-state index is 0.0799. The van der Waals surface area contributed by atoms with Crippen molar-refractivity contribution in [1.82, 2.24) is 5.32 Å². The number of halogens is 3. The average molecular weight is 331 g/mol. The molecule has 6 heteroatoms. The Morgan fingerprint density at radius 3 is 2.30 bits per heavy atom. The molecule has 0 aliphatic heterocycles. The van der Waals surface area contributed by atoms with Crippen LogP contribution in [0.1, 0.15) is 45.2 Å². The van der Waals surface area contributed by atoms with Gasteiger partial charge in [0.25, 0.3) is 0 Å². The Morgan fingerprint density at radius 1 is 1.22 bits per heavy atom. The summed E-state index contributed by atoms with van der Waals surface area (Å²) in [7, 11) is 0. The zero-order valence-corrected chi connectivity index (χ0v) is 13.9. The molecule has 1 aromatic rings. The first kappa shape index (κ1) is 19.5. The van der Waals surface area contributed by atoms with E-state index in [0.29, 0.717) is 18.5 Å². The summed E-state index contributed by atoms with van der Waals surface area (Å²) in [5.41, 5.74) is -1.53. The van der Waals surface area contributed by atoms with E-state index in [4.69, 9.17) is 0 Å². The highest BCUT2D eigenvalue weighted by Crippen LogP contribution is 2.32. The molecule has 0 heterocycles. The zero-order chi connectivity index (χ0) is 17.8. The molecule has 3 nitrogen and oxygen atoms in total. The molecule has 1 rings (SSSR count). The van der Waals surface area contributed by atoms with Crippen LogP contribution in [-0.4, -0.2) is 23.7 Å². The molecule has 0 aliphatic rings. The number of aliphatic hydroxyl groups excluding tert-OH is 1. The Morgan fingerprint density at radius 2 is 1.78 bits per heavy atom. The summed E-state index contributed by atoms with van der Waals surface area (Å²) in [5.74, 6) is -0.259. The van der Waals surface area contributed by atoms with Gasteiger partial charge in [-0.25, -0.2) is 0 Å². The van der Waals surface area contributed by atoms with E-state index >= 15 is 0 Å². The number of hydrogen-bond donors (Lipinski definition) is 2. The van der Waals surface area contributed by atoms with Gasteiger partial charge in [0.2, 0.25) is 5.91 Å². The number of carbonyl (C=O) groups excluding carboxylic acids is 1. The second-order valence-corrected chi connectivity index (χ2v) is 6.60. The van der Waals surface area contributed by atoms with Crippen molar-refractivity contribution in [3.63, 3.8) is 0 Å². The van der Waals surface area contributed by atoms with Crippen LogP contribution in [0.15, 0.2) is 24.3 Å². The van der Waals surface area contributed by atoms with E-state index < -0.39 is 23.3 Å². The third-order valence-electron chi connectivity index (χ3n) is 3.83. The van der Waals surface area contributed by atoms with Crippen LogP contribution in [0.5, 0.6) is 0 Å². The zero-order valence-electron chi connectivity index (χ0n) is 13.9. The molecular formula is C17H24F3NO2. The van der Waals surface area contributed by atoms with Gasteiger partial charge in [0.15, 0.2) is 0 Å². The van der Waals surface area contributed by atoms with Crippen molar-refractivity contribution in [2.75, 3.05) is 6.54 Å². The Labute approximate surface area is 134 Å². The molecule has 0 bridgehead atoms. The standard InChI is InChI=1S/C17H24F3NO2/c1-11(8-12(2)22)10-21-15(23)16(3,4)13-6-5-7-14(9-13)17(18,19)20/h5-7,9,11-12,22H,8,10H2,1-4H3,(H,21,23). The Hall–Kier alpha value is -1.56. The maximum Gasteiger partial charge on any atom is 0.416 e. The lowest BCUT2D eigenvalue weighted by Crippen LogP contribution is -2.42. The van der Waals surface area contributed by atoms with Crippen LogP contribution in [0.3, 0.4) is 0 Å². The fourth-order valence-electron chi connectivity index (χ4n) is 2.37. The van der Waals surface area contributed by atoms with E-state index in [1.807, 2.05) is 6.92 Å². The number of rotatable bonds is 6. The molecule has 2 unspecified atom stereocenters. The predicted octanol–water partition coefficient (Wildman–Crippen LogP) is 3.51. The van der Waals surface area contributed by atoms with E-state index in [-0.39, 0.29) is 11.8 Å². The lowest BCUT2D eigenvalue weighted by atomic mass is 9.82. The number of carbonyl (C=O) groups is 1. The lowest BCUT2D eigenvalue weighted by Gasteiger charge is -2.26. The molecule has 0 spiro atoms. The summed E-state index contributed by atoms with van der Waals surface area (Å²) in [6.45, 7) is 7.12. The van der Waals surface area contributed by atoms with Crippen molar-refractivity contribution >= 4 is 5.91 Å². The topological polar surface area (TPSA) is 49.3 Å².